The summed E-state index contributed by atoms with van der Waals surface area (Å²) in [7, 11) is -3.70. The maximum atomic E-state index is 11.3. The molecule has 3 N–H and O–H groups in total. The van der Waals surface area contributed by atoms with Crippen molar-refractivity contribution in [1.82, 2.24) is 9.97 Å². The van der Waals surface area contributed by atoms with E-state index in [1.165, 1.54) is 17.7 Å². The number of nitrogens with one attached hydrogen (secondary N) is 1. The second-order valence-electron chi connectivity index (χ2n) is 5.75. The number of benzene rings is 2. The summed E-state index contributed by atoms with van der Waals surface area (Å²) in [6.45, 7) is 3.86. The monoisotopic (exact) mass is 354 g/mol. The van der Waals surface area contributed by atoms with Gasteiger partial charge in [0.25, 0.3) is 0 Å². The third kappa shape index (κ3) is 4.20. The van der Waals surface area contributed by atoms with Gasteiger partial charge in [-0.1, -0.05) is 29.8 Å². The first kappa shape index (κ1) is 17.1. The summed E-state index contributed by atoms with van der Waals surface area (Å²) < 4.78 is 22.6. The molecule has 0 atom stereocenters. The molecule has 0 fully saturated rings. The Morgan fingerprint density at radius 3 is 2.16 bits per heavy atom. The van der Waals surface area contributed by atoms with Crippen molar-refractivity contribution in [3.05, 3.63) is 66.0 Å². The minimum Gasteiger partial charge on any atom is -0.340 e. The van der Waals surface area contributed by atoms with Crippen molar-refractivity contribution >= 4 is 21.5 Å². The van der Waals surface area contributed by atoms with Crippen molar-refractivity contribution in [2.24, 2.45) is 5.14 Å². The van der Waals surface area contributed by atoms with Gasteiger partial charge in [-0.15, -0.1) is 0 Å². The first-order chi connectivity index (χ1) is 11.8. The van der Waals surface area contributed by atoms with Crippen molar-refractivity contribution in [3.8, 4) is 11.3 Å². The largest absolute Gasteiger partial charge is 0.340 e. The standard InChI is InChI=1S/C18H18N4O2S/c1-12-3-5-14(6-4-12)17-11-18(21-13(2)20-17)22-15-7-9-16(10-8-15)25(19,23)24/h3-11H,1-2H3,(H2,19,23,24)(H,20,21,22). The highest BCUT2D eigenvalue weighted by Crippen LogP contribution is 2.23. The number of nitrogens with zero attached hydrogens (tertiary/aromatic N) is 2. The zero-order valence-corrected chi connectivity index (χ0v) is 14.7. The normalized spacial score (nSPS) is 11.3. The van der Waals surface area contributed by atoms with Gasteiger partial charge < -0.3 is 5.32 Å². The highest BCUT2D eigenvalue weighted by atomic mass is 32.2. The molecule has 0 saturated carbocycles. The predicted molar refractivity (Wildman–Crippen MR) is 98.0 cm³/mol. The van der Waals surface area contributed by atoms with Crippen LogP contribution in [0.5, 0.6) is 0 Å². The van der Waals surface area contributed by atoms with Crippen LogP contribution in [0.4, 0.5) is 11.5 Å². The molecule has 0 spiro atoms. The topological polar surface area (TPSA) is 98.0 Å². The molecule has 0 bridgehead atoms. The summed E-state index contributed by atoms with van der Waals surface area (Å²) in [6, 6.07) is 16.1. The Bertz CT molecular complexity index is 998. The quantitative estimate of drug-likeness (QED) is 0.750. The maximum absolute atomic E-state index is 11.3. The van der Waals surface area contributed by atoms with Gasteiger partial charge >= 0.3 is 0 Å². The average molecular weight is 354 g/mol. The third-order valence-electron chi connectivity index (χ3n) is 3.64. The Morgan fingerprint density at radius 1 is 0.920 bits per heavy atom. The molecule has 0 unspecified atom stereocenters. The summed E-state index contributed by atoms with van der Waals surface area (Å²) in [5, 5.41) is 8.26. The fraction of sp³-hybridized carbons (Fsp3) is 0.111. The van der Waals surface area contributed by atoms with Crippen molar-refractivity contribution in [2.45, 2.75) is 18.7 Å². The van der Waals surface area contributed by atoms with Crippen molar-refractivity contribution < 1.29 is 8.42 Å². The predicted octanol–water partition coefficient (Wildman–Crippen LogP) is 3.15. The fourth-order valence-corrected chi connectivity index (χ4v) is 2.90. The van der Waals surface area contributed by atoms with Gasteiger partial charge in [-0.05, 0) is 38.1 Å². The van der Waals surface area contributed by atoms with Gasteiger partial charge in [0.05, 0.1) is 10.6 Å². The van der Waals surface area contributed by atoms with Crippen LogP contribution in [0.2, 0.25) is 0 Å². The van der Waals surface area contributed by atoms with Crippen LogP contribution in [0.3, 0.4) is 0 Å². The van der Waals surface area contributed by atoms with E-state index in [9.17, 15) is 8.42 Å². The molecule has 7 heteroatoms. The second-order valence-corrected chi connectivity index (χ2v) is 7.31. The first-order valence-electron chi connectivity index (χ1n) is 7.64. The number of sulfonamides is 1. The van der Waals surface area contributed by atoms with Crippen LogP contribution >= 0.6 is 0 Å². The molecule has 0 amide bonds. The Morgan fingerprint density at radius 2 is 1.56 bits per heavy atom. The van der Waals surface area contributed by atoms with Gasteiger partial charge in [0.1, 0.15) is 11.6 Å². The molecule has 25 heavy (non-hydrogen) atoms. The summed E-state index contributed by atoms with van der Waals surface area (Å²) in [5.41, 5.74) is 3.71. The van der Waals surface area contributed by atoms with E-state index in [1.54, 1.807) is 12.1 Å². The van der Waals surface area contributed by atoms with Gasteiger partial charge in [-0.3, -0.25) is 0 Å². The number of aromatic nitrogens is 2. The summed E-state index contributed by atoms with van der Waals surface area (Å²) in [6.07, 6.45) is 0. The molecule has 1 heterocycles. The van der Waals surface area contributed by atoms with Crippen LogP contribution in [0.15, 0.2) is 59.5 Å². The molecule has 0 saturated heterocycles. The zero-order chi connectivity index (χ0) is 18.0. The molecule has 0 aliphatic carbocycles. The number of hydrogen-bond acceptors (Lipinski definition) is 5. The lowest BCUT2D eigenvalue weighted by atomic mass is 10.1. The molecule has 3 rings (SSSR count). The summed E-state index contributed by atoms with van der Waals surface area (Å²) >= 11 is 0. The molecule has 128 valence electrons. The van der Waals surface area contributed by atoms with Crippen molar-refractivity contribution in [1.29, 1.82) is 0 Å². The highest BCUT2D eigenvalue weighted by molar-refractivity contribution is 7.89. The number of primary sulfonamides is 1. The maximum Gasteiger partial charge on any atom is 0.238 e. The van der Waals surface area contributed by atoms with E-state index in [0.717, 1.165) is 11.3 Å². The van der Waals surface area contributed by atoms with E-state index in [2.05, 4.69) is 15.3 Å². The molecular formula is C18H18N4O2S. The summed E-state index contributed by atoms with van der Waals surface area (Å²) in [5.74, 6) is 1.27. The van der Waals surface area contributed by atoms with Gasteiger partial charge in [-0.25, -0.2) is 23.5 Å². The van der Waals surface area contributed by atoms with Gasteiger partial charge in [0.15, 0.2) is 0 Å². The number of rotatable bonds is 4. The van der Waals surface area contributed by atoms with E-state index >= 15 is 0 Å². The Labute approximate surface area is 146 Å². The fourth-order valence-electron chi connectivity index (χ4n) is 2.38. The first-order valence-corrected chi connectivity index (χ1v) is 9.18. The number of nitrogens with two attached hydrogens (primary N) is 1. The SMILES string of the molecule is Cc1ccc(-c2cc(Nc3ccc(S(N)(=O)=O)cc3)nc(C)n2)cc1. The van der Waals surface area contributed by atoms with Crippen molar-refractivity contribution in [3.63, 3.8) is 0 Å². The smallest absolute Gasteiger partial charge is 0.238 e. The van der Waals surface area contributed by atoms with E-state index in [1.807, 2.05) is 44.2 Å². The Hall–Kier alpha value is -2.77. The summed E-state index contributed by atoms with van der Waals surface area (Å²) in [4.78, 5) is 8.92. The average Bonchev–Trinajstić information content (AvgIpc) is 2.54. The van der Waals surface area contributed by atoms with Crippen LogP contribution in [-0.2, 0) is 10.0 Å². The Balaban J connectivity index is 1.89. The Kier molecular flexibility index (Phi) is 4.52. The van der Waals surface area contributed by atoms with E-state index in [4.69, 9.17) is 5.14 Å². The molecule has 0 aliphatic heterocycles. The van der Waals surface area contributed by atoms with Crippen LogP contribution < -0.4 is 10.5 Å². The van der Waals surface area contributed by atoms with E-state index in [-0.39, 0.29) is 4.90 Å². The molecule has 0 radical (unpaired) electrons. The van der Waals surface area contributed by atoms with Crippen LogP contribution in [0, 0.1) is 13.8 Å². The zero-order valence-electron chi connectivity index (χ0n) is 13.9. The minimum atomic E-state index is -3.70. The third-order valence-corrected chi connectivity index (χ3v) is 4.57. The minimum absolute atomic E-state index is 0.0669. The molecule has 3 aromatic rings. The van der Waals surface area contributed by atoms with Gasteiger partial charge in [-0.2, -0.15) is 0 Å². The lowest BCUT2D eigenvalue weighted by Gasteiger charge is -2.09. The number of aryl methyl sites for hydroxylation is 2. The van der Waals surface area contributed by atoms with Crippen LogP contribution in [-0.4, -0.2) is 18.4 Å². The van der Waals surface area contributed by atoms with Crippen molar-refractivity contribution in [2.75, 3.05) is 5.32 Å². The van der Waals surface area contributed by atoms with Gasteiger partial charge in [0.2, 0.25) is 10.0 Å². The lowest BCUT2D eigenvalue weighted by Crippen LogP contribution is -2.11. The number of hydrogen-bond donors (Lipinski definition) is 2. The van der Waals surface area contributed by atoms with Crippen LogP contribution in [0.25, 0.3) is 11.3 Å². The lowest BCUT2D eigenvalue weighted by molar-refractivity contribution is 0.598. The van der Waals surface area contributed by atoms with E-state index in [0.29, 0.717) is 17.3 Å². The molecule has 6 nitrogen and oxygen atoms in total. The van der Waals surface area contributed by atoms with Gasteiger partial charge in [0, 0.05) is 17.3 Å². The highest BCUT2D eigenvalue weighted by Gasteiger charge is 2.08. The van der Waals surface area contributed by atoms with E-state index < -0.39 is 10.0 Å². The molecule has 1 aromatic heterocycles. The number of anilines is 2. The van der Waals surface area contributed by atoms with Crippen LogP contribution in [0.1, 0.15) is 11.4 Å². The molecule has 2 aromatic carbocycles. The molecule has 0 aliphatic rings. The molecular weight excluding hydrogens is 336 g/mol. The second kappa shape index (κ2) is 6.62.